The van der Waals surface area contributed by atoms with Gasteiger partial charge < -0.3 is 4.74 Å². The average Bonchev–Trinajstić information content (AvgIpc) is 2.80. The summed E-state index contributed by atoms with van der Waals surface area (Å²) in [5, 5.41) is -1.04. The highest BCUT2D eigenvalue weighted by atomic mass is 35.5. The lowest BCUT2D eigenvalue weighted by molar-refractivity contribution is -0.187. The number of benzene rings is 4. The van der Waals surface area contributed by atoms with E-state index >= 15 is 0 Å². The Hall–Kier alpha value is -3.00. The van der Waals surface area contributed by atoms with E-state index in [2.05, 4.69) is 4.74 Å². The molecular weight excluding hydrogens is 497 g/mol. The monoisotopic (exact) mass is 514 g/mol. The van der Waals surface area contributed by atoms with E-state index < -0.39 is 46.5 Å². The molecule has 35 heavy (non-hydrogen) atoms. The SMILES string of the molecule is CCCCCc1ccc2cc(C(F)(F)Oc3ccc4c(F)c(F)c(F)cc4c3)c(F)c(F)c2c1Cl. The number of ether oxygens (including phenoxy) is 1. The summed E-state index contributed by atoms with van der Waals surface area (Å²) in [7, 11) is 0. The van der Waals surface area contributed by atoms with Crippen molar-refractivity contribution < 1.29 is 35.5 Å². The standard InChI is InChI=1S/C26H18ClF7O/c1-2-3-4-5-13-6-7-14-11-18(23(30)25(32)20(14)21(13)27)26(33,34)35-16-8-9-17-15(10-16)12-19(28)24(31)22(17)29/h6-12H,2-5H2,1H3. The molecule has 0 radical (unpaired) electrons. The fourth-order valence-corrected chi connectivity index (χ4v) is 4.29. The number of rotatable bonds is 7. The van der Waals surface area contributed by atoms with Crippen LogP contribution in [0.25, 0.3) is 21.5 Å². The zero-order chi connectivity index (χ0) is 25.5. The molecular formula is C26H18ClF7O. The van der Waals surface area contributed by atoms with E-state index in [1.165, 1.54) is 6.07 Å². The Labute approximate surface area is 201 Å². The molecule has 0 saturated heterocycles. The van der Waals surface area contributed by atoms with Crippen molar-refractivity contribution in [3.63, 3.8) is 0 Å². The van der Waals surface area contributed by atoms with Crippen molar-refractivity contribution >= 4 is 33.1 Å². The van der Waals surface area contributed by atoms with Gasteiger partial charge in [-0.15, -0.1) is 0 Å². The maximum absolute atomic E-state index is 14.9. The van der Waals surface area contributed by atoms with Crippen LogP contribution in [0.3, 0.4) is 0 Å². The van der Waals surface area contributed by atoms with Gasteiger partial charge in [0, 0.05) is 10.8 Å². The molecule has 0 fully saturated rings. The molecule has 0 heterocycles. The largest absolute Gasteiger partial charge is 0.429 e. The summed E-state index contributed by atoms with van der Waals surface area (Å²) < 4.78 is 105. The Kier molecular flexibility index (Phi) is 6.86. The first-order valence-electron chi connectivity index (χ1n) is 10.8. The average molecular weight is 515 g/mol. The normalized spacial score (nSPS) is 12.0. The number of hydrogen-bond donors (Lipinski definition) is 0. The zero-order valence-corrected chi connectivity index (χ0v) is 19.1. The van der Waals surface area contributed by atoms with Crippen LogP contribution >= 0.6 is 11.6 Å². The van der Waals surface area contributed by atoms with Gasteiger partial charge in [-0.05, 0) is 59.5 Å². The van der Waals surface area contributed by atoms with Crippen LogP contribution in [-0.4, -0.2) is 0 Å². The highest BCUT2D eigenvalue weighted by Gasteiger charge is 2.40. The lowest BCUT2D eigenvalue weighted by atomic mass is 9.99. The second-order valence-corrected chi connectivity index (χ2v) is 8.51. The lowest BCUT2D eigenvalue weighted by Crippen LogP contribution is -2.24. The first kappa shape index (κ1) is 25.1. The van der Waals surface area contributed by atoms with Crippen molar-refractivity contribution in [1.29, 1.82) is 0 Å². The highest BCUT2D eigenvalue weighted by molar-refractivity contribution is 6.36. The van der Waals surface area contributed by atoms with Crippen molar-refractivity contribution in [2.24, 2.45) is 0 Å². The molecule has 184 valence electrons. The molecule has 1 nitrogen and oxygen atoms in total. The number of aryl methyl sites for hydroxylation is 1. The minimum atomic E-state index is -4.36. The first-order chi connectivity index (χ1) is 16.5. The molecule has 0 amide bonds. The number of fused-ring (bicyclic) bond motifs is 2. The summed E-state index contributed by atoms with van der Waals surface area (Å²) in [5.41, 5.74) is -0.803. The molecule has 0 N–H and O–H groups in total. The van der Waals surface area contributed by atoms with Gasteiger partial charge in [0.25, 0.3) is 0 Å². The van der Waals surface area contributed by atoms with Crippen LogP contribution in [-0.2, 0) is 12.5 Å². The number of hydrogen-bond acceptors (Lipinski definition) is 1. The van der Waals surface area contributed by atoms with Crippen LogP contribution in [0.1, 0.15) is 37.3 Å². The van der Waals surface area contributed by atoms with E-state index in [0.717, 1.165) is 43.5 Å². The predicted molar refractivity (Wildman–Crippen MR) is 120 cm³/mol. The summed E-state index contributed by atoms with van der Waals surface area (Å²) in [6, 6.07) is 6.93. The minimum absolute atomic E-state index is 0.0448. The maximum Gasteiger partial charge on any atom is 0.429 e. The van der Waals surface area contributed by atoms with Crippen LogP contribution in [0.15, 0.2) is 42.5 Å². The summed E-state index contributed by atoms with van der Waals surface area (Å²) in [6.45, 7) is 2.01. The maximum atomic E-state index is 14.9. The predicted octanol–water partition coefficient (Wildman–Crippen LogP) is 9.20. The summed E-state index contributed by atoms with van der Waals surface area (Å²) in [6.07, 6.45) is -1.20. The fourth-order valence-electron chi connectivity index (χ4n) is 3.94. The van der Waals surface area contributed by atoms with E-state index in [1.807, 2.05) is 6.92 Å². The third kappa shape index (κ3) is 4.63. The smallest absolute Gasteiger partial charge is 0.429 e. The second-order valence-electron chi connectivity index (χ2n) is 8.13. The summed E-state index contributed by atoms with van der Waals surface area (Å²) in [4.78, 5) is 0. The highest BCUT2D eigenvalue weighted by Crippen LogP contribution is 2.40. The van der Waals surface area contributed by atoms with Crippen LogP contribution in [0, 0.1) is 29.1 Å². The molecule has 0 unspecified atom stereocenters. The van der Waals surface area contributed by atoms with Gasteiger partial charge in [0.2, 0.25) is 0 Å². The van der Waals surface area contributed by atoms with E-state index in [-0.39, 0.29) is 26.6 Å². The Morgan fingerprint density at radius 2 is 1.54 bits per heavy atom. The first-order valence-corrected chi connectivity index (χ1v) is 11.2. The topological polar surface area (TPSA) is 9.23 Å². The molecule has 0 spiro atoms. The van der Waals surface area contributed by atoms with Crippen molar-refractivity contribution in [2.75, 3.05) is 0 Å². The molecule has 9 heteroatoms. The fraction of sp³-hybridized carbons (Fsp3) is 0.231. The Morgan fingerprint density at radius 3 is 2.26 bits per heavy atom. The molecule has 0 aromatic heterocycles. The van der Waals surface area contributed by atoms with E-state index in [9.17, 15) is 30.7 Å². The Morgan fingerprint density at radius 1 is 0.800 bits per heavy atom. The van der Waals surface area contributed by atoms with Gasteiger partial charge in [0.15, 0.2) is 29.1 Å². The van der Waals surface area contributed by atoms with Crippen molar-refractivity contribution in [3.8, 4) is 5.75 Å². The molecule has 0 saturated carbocycles. The molecule has 0 aliphatic carbocycles. The van der Waals surface area contributed by atoms with E-state index in [0.29, 0.717) is 18.1 Å². The van der Waals surface area contributed by atoms with E-state index in [4.69, 9.17) is 11.6 Å². The second kappa shape index (κ2) is 9.57. The Bertz CT molecular complexity index is 1440. The number of alkyl halides is 2. The minimum Gasteiger partial charge on any atom is -0.429 e. The van der Waals surface area contributed by atoms with Crippen LogP contribution in [0.5, 0.6) is 5.75 Å². The van der Waals surface area contributed by atoms with Gasteiger partial charge in [-0.2, -0.15) is 8.78 Å². The van der Waals surface area contributed by atoms with Gasteiger partial charge in [-0.1, -0.05) is 43.5 Å². The van der Waals surface area contributed by atoms with Crippen LogP contribution in [0.4, 0.5) is 30.7 Å². The zero-order valence-electron chi connectivity index (χ0n) is 18.3. The van der Waals surface area contributed by atoms with Crippen molar-refractivity contribution in [2.45, 2.75) is 38.7 Å². The number of unbranched alkanes of at least 4 members (excludes halogenated alkanes) is 2. The molecule has 0 aliphatic rings. The third-order valence-corrected chi connectivity index (χ3v) is 6.19. The van der Waals surface area contributed by atoms with Gasteiger partial charge in [-0.25, -0.2) is 22.0 Å². The van der Waals surface area contributed by atoms with Gasteiger partial charge in [0.05, 0.1) is 5.02 Å². The van der Waals surface area contributed by atoms with Crippen molar-refractivity contribution in [3.05, 3.63) is 87.7 Å². The van der Waals surface area contributed by atoms with Gasteiger partial charge >= 0.3 is 6.11 Å². The molecule has 0 aliphatic heterocycles. The summed E-state index contributed by atoms with van der Waals surface area (Å²) >= 11 is 6.27. The summed E-state index contributed by atoms with van der Waals surface area (Å²) in [5.74, 6) is -8.70. The van der Waals surface area contributed by atoms with Crippen LogP contribution in [0.2, 0.25) is 5.02 Å². The third-order valence-electron chi connectivity index (χ3n) is 5.76. The van der Waals surface area contributed by atoms with E-state index in [1.54, 1.807) is 6.07 Å². The Balaban J connectivity index is 1.73. The van der Waals surface area contributed by atoms with Crippen LogP contribution < -0.4 is 4.74 Å². The number of halogens is 8. The molecule has 4 rings (SSSR count). The van der Waals surface area contributed by atoms with Gasteiger partial charge in [0.1, 0.15) is 11.3 Å². The van der Waals surface area contributed by atoms with Crippen molar-refractivity contribution in [1.82, 2.24) is 0 Å². The van der Waals surface area contributed by atoms with Gasteiger partial charge in [-0.3, -0.25) is 0 Å². The molecule has 0 atom stereocenters. The quantitative estimate of drug-likeness (QED) is 0.136. The molecule has 0 bridgehead atoms. The molecule has 4 aromatic rings. The lowest BCUT2D eigenvalue weighted by Gasteiger charge is -2.20. The molecule has 4 aromatic carbocycles.